The molecular formula is C48H30N2S. The number of fused-ring (bicyclic) bond motifs is 10. The molecule has 0 N–H and O–H groups in total. The molecule has 0 aliphatic rings. The Balaban J connectivity index is 1.13. The third kappa shape index (κ3) is 4.29. The number of rotatable bonds is 4. The Kier molecular flexibility index (Phi) is 6.16. The normalized spacial score (nSPS) is 11.9. The SMILES string of the molecule is c1ccc(-c2cccc(-n3c4ccccc4c4cc(-c5ccc6c(c5)c5ccc7sc8ccccc8c7c5n6-c5ccccc5)ccc43)c2)cc1. The van der Waals surface area contributed by atoms with E-state index in [1.165, 1.54) is 91.7 Å². The topological polar surface area (TPSA) is 9.86 Å². The van der Waals surface area contributed by atoms with Crippen molar-refractivity contribution in [2.75, 3.05) is 0 Å². The van der Waals surface area contributed by atoms with Crippen molar-refractivity contribution < 1.29 is 0 Å². The molecule has 0 bridgehead atoms. The first-order valence-corrected chi connectivity index (χ1v) is 18.3. The first-order chi connectivity index (χ1) is 25.3. The van der Waals surface area contributed by atoms with E-state index in [9.17, 15) is 0 Å². The van der Waals surface area contributed by atoms with Crippen LogP contribution in [0.25, 0.3) is 97.4 Å². The van der Waals surface area contributed by atoms with E-state index < -0.39 is 0 Å². The fraction of sp³-hybridized carbons (Fsp3) is 0. The van der Waals surface area contributed by atoms with Gasteiger partial charge in [0.2, 0.25) is 0 Å². The van der Waals surface area contributed by atoms with Gasteiger partial charge in [-0.25, -0.2) is 0 Å². The van der Waals surface area contributed by atoms with Gasteiger partial charge in [-0.05, 0) is 89.0 Å². The number of aromatic nitrogens is 2. The third-order valence-corrected chi connectivity index (χ3v) is 11.6. The second kappa shape index (κ2) is 11.0. The largest absolute Gasteiger partial charge is 0.309 e. The van der Waals surface area contributed by atoms with Gasteiger partial charge in [-0.2, -0.15) is 0 Å². The van der Waals surface area contributed by atoms with E-state index >= 15 is 0 Å². The van der Waals surface area contributed by atoms with Gasteiger partial charge in [0.1, 0.15) is 0 Å². The molecule has 0 fully saturated rings. The molecule has 0 saturated heterocycles. The Morgan fingerprint density at radius 3 is 1.71 bits per heavy atom. The number of hydrogen-bond donors (Lipinski definition) is 0. The molecular weight excluding hydrogens is 637 g/mol. The van der Waals surface area contributed by atoms with Gasteiger partial charge >= 0.3 is 0 Å². The maximum Gasteiger partial charge on any atom is 0.0634 e. The van der Waals surface area contributed by atoms with Crippen LogP contribution in [0.4, 0.5) is 0 Å². The number of para-hydroxylation sites is 2. The van der Waals surface area contributed by atoms with Gasteiger partial charge in [0.05, 0.1) is 22.1 Å². The summed E-state index contributed by atoms with van der Waals surface area (Å²) in [6.45, 7) is 0. The molecule has 0 radical (unpaired) electrons. The summed E-state index contributed by atoms with van der Waals surface area (Å²) < 4.78 is 7.52. The highest BCUT2D eigenvalue weighted by molar-refractivity contribution is 7.26. The smallest absolute Gasteiger partial charge is 0.0634 e. The Morgan fingerprint density at radius 1 is 0.314 bits per heavy atom. The summed E-state index contributed by atoms with van der Waals surface area (Å²) in [6, 6.07) is 66.6. The van der Waals surface area contributed by atoms with Crippen molar-refractivity contribution in [2.45, 2.75) is 0 Å². The minimum absolute atomic E-state index is 1.16. The second-order valence-corrected chi connectivity index (χ2v) is 14.4. The number of benzene rings is 8. The molecule has 11 aromatic rings. The Labute approximate surface area is 298 Å². The van der Waals surface area contributed by atoms with Crippen LogP contribution in [0.3, 0.4) is 0 Å². The first kappa shape index (κ1) is 28.4. The third-order valence-electron chi connectivity index (χ3n) is 10.5. The highest BCUT2D eigenvalue weighted by atomic mass is 32.1. The van der Waals surface area contributed by atoms with Crippen molar-refractivity contribution in [3.8, 4) is 33.6 Å². The Bertz CT molecular complexity index is 3130. The van der Waals surface area contributed by atoms with Crippen LogP contribution in [-0.4, -0.2) is 9.13 Å². The van der Waals surface area contributed by atoms with Crippen molar-refractivity contribution in [2.24, 2.45) is 0 Å². The van der Waals surface area contributed by atoms with Crippen LogP contribution in [0.1, 0.15) is 0 Å². The molecule has 0 amide bonds. The molecule has 0 unspecified atom stereocenters. The molecule has 0 aliphatic heterocycles. The fourth-order valence-corrected chi connectivity index (χ4v) is 9.33. The van der Waals surface area contributed by atoms with E-state index in [0.717, 1.165) is 5.69 Å². The average Bonchev–Trinajstić information content (AvgIpc) is 3.85. The van der Waals surface area contributed by atoms with Crippen LogP contribution in [0.5, 0.6) is 0 Å². The summed E-state index contributed by atoms with van der Waals surface area (Å²) in [7, 11) is 0. The molecule has 0 saturated carbocycles. The number of nitrogens with zero attached hydrogens (tertiary/aromatic N) is 2. The molecule has 0 spiro atoms. The zero-order chi connectivity index (χ0) is 33.5. The predicted octanol–water partition coefficient (Wildman–Crippen LogP) is 13.6. The van der Waals surface area contributed by atoms with Crippen LogP contribution < -0.4 is 0 Å². The first-order valence-electron chi connectivity index (χ1n) is 17.4. The molecule has 0 atom stereocenters. The van der Waals surface area contributed by atoms with Crippen LogP contribution in [0, 0.1) is 0 Å². The second-order valence-electron chi connectivity index (χ2n) is 13.3. The van der Waals surface area contributed by atoms with Gasteiger partial charge in [0.25, 0.3) is 0 Å². The highest BCUT2D eigenvalue weighted by Gasteiger charge is 2.19. The van der Waals surface area contributed by atoms with E-state index in [2.05, 4.69) is 191 Å². The van der Waals surface area contributed by atoms with Crippen molar-refractivity contribution >= 4 is 75.1 Å². The zero-order valence-corrected chi connectivity index (χ0v) is 28.4. The summed E-state index contributed by atoms with van der Waals surface area (Å²) in [5.74, 6) is 0. The van der Waals surface area contributed by atoms with Gasteiger partial charge in [0, 0.05) is 53.1 Å². The minimum atomic E-state index is 1.16. The van der Waals surface area contributed by atoms with Crippen LogP contribution >= 0.6 is 11.3 Å². The molecule has 3 heterocycles. The van der Waals surface area contributed by atoms with Crippen molar-refractivity contribution in [3.05, 3.63) is 182 Å². The molecule has 3 heteroatoms. The summed E-state index contributed by atoms with van der Waals surface area (Å²) in [6.07, 6.45) is 0. The Hall–Kier alpha value is -6.42. The van der Waals surface area contributed by atoms with Crippen molar-refractivity contribution in [3.63, 3.8) is 0 Å². The molecule has 8 aromatic carbocycles. The standard InChI is InChI=1S/C48H30N2S/c1-3-12-31(13-4-1)32-14-11-17-36(28-32)49-42-20-9-7-18-37(42)40-29-33(22-25-43(40)49)34-23-26-44-41(30-34)38-24-27-46-47(39-19-8-10-21-45(39)51-46)48(38)50(44)35-15-5-2-6-16-35/h1-30H. The van der Waals surface area contributed by atoms with Crippen molar-refractivity contribution in [1.82, 2.24) is 9.13 Å². The maximum atomic E-state index is 2.47. The maximum absolute atomic E-state index is 2.47. The van der Waals surface area contributed by atoms with Crippen LogP contribution in [-0.2, 0) is 0 Å². The molecule has 238 valence electrons. The molecule has 11 rings (SSSR count). The van der Waals surface area contributed by atoms with Gasteiger partial charge < -0.3 is 9.13 Å². The predicted molar refractivity (Wildman–Crippen MR) is 219 cm³/mol. The van der Waals surface area contributed by atoms with Crippen LogP contribution in [0.15, 0.2) is 182 Å². The average molecular weight is 667 g/mol. The van der Waals surface area contributed by atoms with E-state index in [-0.39, 0.29) is 0 Å². The quantitative estimate of drug-likeness (QED) is 0.177. The fourth-order valence-electron chi connectivity index (χ4n) is 8.23. The highest BCUT2D eigenvalue weighted by Crippen LogP contribution is 2.44. The van der Waals surface area contributed by atoms with Gasteiger partial charge in [0.15, 0.2) is 0 Å². The zero-order valence-electron chi connectivity index (χ0n) is 27.6. The summed E-state index contributed by atoms with van der Waals surface area (Å²) >= 11 is 1.88. The summed E-state index contributed by atoms with van der Waals surface area (Å²) in [5, 5.41) is 7.71. The molecule has 51 heavy (non-hydrogen) atoms. The van der Waals surface area contributed by atoms with Crippen molar-refractivity contribution in [1.29, 1.82) is 0 Å². The lowest BCUT2D eigenvalue weighted by Crippen LogP contribution is -1.94. The lowest BCUT2D eigenvalue weighted by atomic mass is 10.00. The van der Waals surface area contributed by atoms with Crippen LogP contribution in [0.2, 0.25) is 0 Å². The number of hydrogen-bond acceptors (Lipinski definition) is 1. The lowest BCUT2D eigenvalue weighted by Gasteiger charge is -2.11. The molecule has 2 nitrogen and oxygen atoms in total. The van der Waals surface area contributed by atoms with E-state index in [1.807, 2.05) is 11.3 Å². The van der Waals surface area contributed by atoms with Gasteiger partial charge in [-0.15, -0.1) is 11.3 Å². The van der Waals surface area contributed by atoms with Gasteiger partial charge in [-0.1, -0.05) is 115 Å². The monoisotopic (exact) mass is 666 g/mol. The van der Waals surface area contributed by atoms with E-state index in [4.69, 9.17) is 0 Å². The Morgan fingerprint density at radius 2 is 0.902 bits per heavy atom. The summed E-state index contributed by atoms with van der Waals surface area (Å²) in [4.78, 5) is 0. The van der Waals surface area contributed by atoms with Gasteiger partial charge in [-0.3, -0.25) is 0 Å². The minimum Gasteiger partial charge on any atom is -0.309 e. The molecule has 3 aromatic heterocycles. The summed E-state index contributed by atoms with van der Waals surface area (Å²) in [5.41, 5.74) is 12.1. The lowest BCUT2D eigenvalue weighted by molar-refractivity contribution is 1.18. The van der Waals surface area contributed by atoms with E-state index in [0.29, 0.717) is 0 Å². The molecule has 0 aliphatic carbocycles. The van der Waals surface area contributed by atoms with E-state index in [1.54, 1.807) is 0 Å². The number of thiophene rings is 1.